The van der Waals surface area contributed by atoms with Gasteiger partial charge in [-0.3, -0.25) is 9.59 Å². The second-order valence-corrected chi connectivity index (χ2v) is 21.1. The Labute approximate surface area is 389 Å². The summed E-state index contributed by atoms with van der Waals surface area (Å²) in [6, 6.07) is -1.09. The Morgan fingerprint density at radius 1 is 0.862 bits per heavy atom. The van der Waals surface area contributed by atoms with Crippen LogP contribution in [0, 0.1) is 40.9 Å². The molecule has 1 saturated carbocycles. The monoisotopic (exact) mass is 916 g/mol. The van der Waals surface area contributed by atoms with Gasteiger partial charge in [-0.2, -0.15) is 0 Å². The van der Waals surface area contributed by atoms with Crippen molar-refractivity contribution in [3.63, 3.8) is 0 Å². The first-order chi connectivity index (χ1) is 30.5. The number of amides is 1. The molecule has 4 rings (SSSR count). The van der Waals surface area contributed by atoms with Gasteiger partial charge in [-0.15, -0.1) is 0 Å². The Kier molecular flexibility index (Phi) is 20.7. The summed E-state index contributed by atoms with van der Waals surface area (Å²) in [4.78, 5) is 44.2. The molecule has 2 saturated heterocycles. The standard InChI is InChI=1S/C52H85NO12/c1-31-17-13-12-14-18-36(6)51(8,9)30-39-22-20-37(7)52(61,65-39)48(58)49(59)53-24-16-15-19-40(53)50(60)64-43(33(3)27-38-21-23-41(54)44(28-38)62-10)29-42(55)32(2)26-35(5)46(57)47(63-11)45(56)34(4)25-31/h12-14,17-18,26,31-34,37-47,54-57,61H,15-16,19-25,27-30H2,1-11H3/b14-12+,17-13+,35-26+,36-18+/t31-,32-,33-,34-,37-,38?,39+,40+,41-,42?,43+,44-,45?,46?,47+,52-/m1/s1. The Morgan fingerprint density at radius 2 is 1.57 bits per heavy atom. The first kappa shape index (κ1) is 54.9. The number of carbonyl (C=O) groups excluding carboxylic acids is 3. The molecule has 0 radical (unpaired) electrons. The zero-order valence-electron chi connectivity index (χ0n) is 41.4. The van der Waals surface area contributed by atoms with Crippen LogP contribution < -0.4 is 0 Å². The lowest BCUT2D eigenvalue weighted by Crippen LogP contribution is -2.61. The number of aliphatic hydroxyl groups excluding tert-OH is 4. The van der Waals surface area contributed by atoms with E-state index in [1.165, 1.54) is 12.0 Å². The summed E-state index contributed by atoms with van der Waals surface area (Å²) in [5.74, 6) is -6.50. The van der Waals surface area contributed by atoms with Crippen molar-refractivity contribution in [2.45, 2.75) is 200 Å². The van der Waals surface area contributed by atoms with Gasteiger partial charge in [0.25, 0.3) is 11.7 Å². The number of Topliss-reactive ketones (excluding diaryl/α,β-unsaturated/α-hetero) is 1. The molecule has 16 atom stereocenters. The molecule has 0 aromatic rings. The number of fused-ring (bicyclic) bond motifs is 3. The highest BCUT2D eigenvalue weighted by Crippen LogP contribution is 2.41. The zero-order chi connectivity index (χ0) is 48.4. The largest absolute Gasteiger partial charge is 0.460 e. The highest BCUT2D eigenvalue weighted by Gasteiger charge is 2.53. The van der Waals surface area contributed by atoms with E-state index in [1.807, 2.05) is 52.0 Å². The summed E-state index contributed by atoms with van der Waals surface area (Å²) in [5.41, 5.74) is 1.20. The van der Waals surface area contributed by atoms with Gasteiger partial charge in [-0.1, -0.05) is 90.5 Å². The number of rotatable bonds is 5. The van der Waals surface area contributed by atoms with E-state index < -0.39 is 84.1 Å². The van der Waals surface area contributed by atoms with E-state index in [2.05, 4.69) is 26.8 Å². The number of ether oxygens (including phenoxy) is 4. The van der Waals surface area contributed by atoms with E-state index in [-0.39, 0.29) is 54.6 Å². The fourth-order valence-electron chi connectivity index (χ4n) is 10.5. The number of ketones is 1. The summed E-state index contributed by atoms with van der Waals surface area (Å²) in [7, 11) is 3.05. The Bertz CT molecular complexity index is 1690. The van der Waals surface area contributed by atoms with Crippen LogP contribution in [0.4, 0.5) is 0 Å². The van der Waals surface area contributed by atoms with E-state index >= 15 is 0 Å². The van der Waals surface area contributed by atoms with Crippen molar-refractivity contribution in [1.82, 2.24) is 4.90 Å². The fraction of sp³-hybridized carbons (Fsp3) is 0.788. The minimum absolute atomic E-state index is 0.0437. The summed E-state index contributed by atoms with van der Waals surface area (Å²) in [6.07, 6.45) is 11.8. The van der Waals surface area contributed by atoms with Gasteiger partial charge in [0.2, 0.25) is 5.79 Å². The van der Waals surface area contributed by atoms with Gasteiger partial charge in [0.15, 0.2) is 0 Å². The number of allylic oxidation sites excluding steroid dienone is 6. The number of nitrogens with zero attached hydrogens (tertiary/aromatic N) is 1. The lowest BCUT2D eigenvalue weighted by molar-refractivity contribution is -0.266. The number of cyclic esters (lactones) is 1. The molecule has 370 valence electrons. The van der Waals surface area contributed by atoms with Gasteiger partial charge in [0.1, 0.15) is 24.4 Å². The molecule has 3 heterocycles. The third-order valence-electron chi connectivity index (χ3n) is 15.4. The number of hydrogen-bond donors (Lipinski definition) is 5. The highest BCUT2D eigenvalue weighted by molar-refractivity contribution is 6.39. The first-order valence-electron chi connectivity index (χ1n) is 24.5. The average Bonchev–Trinajstić information content (AvgIpc) is 3.26. The molecule has 4 aliphatic rings. The van der Waals surface area contributed by atoms with Crippen LogP contribution in [0.3, 0.4) is 0 Å². The van der Waals surface area contributed by atoms with Gasteiger partial charge in [-0.05, 0) is 119 Å². The summed E-state index contributed by atoms with van der Waals surface area (Å²) < 4.78 is 23.9. The van der Waals surface area contributed by atoms with Crippen LogP contribution in [0.5, 0.6) is 0 Å². The summed E-state index contributed by atoms with van der Waals surface area (Å²) in [5, 5.41) is 57.3. The third-order valence-corrected chi connectivity index (χ3v) is 15.4. The number of methoxy groups -OCH3 is 2. The van der Waals surface area contributed by atoms with Crippen LogP contribution in [0.25, 0.3) is 0 Å². The number of aliphatic hydroxyl groups is 5. The Morgan fingerprint density at radius 3 is 2.25 bits per heavy atom. The second kappa shape index (κ2) is 24.5. The van der Waals surface area contributed by atoms with Crippen LogP contribution in [-0.4, -0.2) is 130 Å². The maximum absolute atomic E-state index is 14.4. The zero-order valence-corrected chi connectivity index (χ0v) is 41.4. The van der Waals surface area contributed by atoms with Gasteiger partial charge in [0, 0.05) is 39.0 Å². The minimum Gasteiger partial charge on any atom is -0.460 e. The maximum Gasteiger partial charge on any atom is 0.329 e. The lowest BCUT2D eigenvalue weighted by atomic mass is 9.76. The molecule has 3 aliphatic heterocycles. The van der Waals surface area contributed by atoms with Gasteiger partial charge in [0.05, 0.1) is 30.5 Å². The van der Waals surface area contributed by atoms with Crippen molar-refractivity contribution in [1.29, 1.82) is 0 Å². The summed E-state index contributed by atoms with van der Waals surface area (Å²) in [6.45, 7) is 17.6. The average molecular weight is 916 g/mol. The quantitative estimate of drug-likeness (QED) is 0.111. The molecular formula is C52H85NO12. The molecule has 13 heteroatoms. The van der Waals surface area contributed by atoms with Gasteiger partial charge < -0.3 is 49.4 Å². The molecule has 0 aromatic carbocycles. The normalized spacial score (nSPS) is 42.3. The van der Waals surface area contributed by atoms with E-state index in [0.29, 0.717) is 63.4 Å². The van der Waals surface area contributed by atoms with Crippen molar-refractivity contribution >= 4 is 17.7 Å². The molecule has 0 aromatic heterocycles. The lowest BCUT2D eigenvalue weighted by Gasteiger charge is -2.44. The van der Waals surface area contributed by atoms with Crippen molar-refractivity contribution in [3.05, 3.63) is 47.6 Å². The molecule has 65 heavy (non-hydrogen) atoms. The Hall–Kier alpha value is -2.75. The topological polar surface area (TPSA) is 193 Å². The molecule has 0 spiro atoms. The van der Waals surface area contributed by atoms with Crippen LogP contribution >= 0.6 is 0 Å². The Balaban J connectivity index is 1.70. The molecule has 4 unspecified atom stereocenters. The van der Waals surface area contributed by atoms with Crippen molar-refractivity contribution in [2.75, 3.05) is 20.8 Å². The number of hydrogen-bond acceptors (Lipinski definition) is 12. The van der Waals surface area contributed by atoms with Gasteiger partial charge >= 0.3 is 5.97 Å². The second-order valence-electron chi connectivity index (χ2n) is 21.1. The maximum atomic E-state index is 14.4. The van der Waals surface area contributed by atoms with E-state index in [0.717, 1.165) is 12.0 Å². The van der Waals surface area contributed by atoms with Crippen LogP contribution in [0.15, 0.2) is 47.6 Å². The smallest absolute Gasteiger partial charge is 0.329 e. The predicted molar refractivity (Wildman–Crippen MR) is 250 cm³/mol. The molecule has 5 N–H and O–H groups in total. The fourth-order valence-corrected chi connectivity index (χ4v) is 10.5. The molecular weight excluding hydrogens is 831 g/mol. The minimum atomic E-state index is -2.37. The predicted octanol–water partition coefficient (Wildman–Crippen LogP) is 6.78. The first-order valence-corrected chi connectivity index (χ1v) is 24.5. The molecule has 13 nitrogen and oxygen atoms in total. The third kappa shape index (κ3) is 14.4. The number of piperidine rings is 1. The van der Waals surface area contributed by atoms with Gasteiger partial charge in [-0.25, -0.2) is 4.79 Å². The molecule has 3 fully saturated rings. The van der Waals surface area contributed by atoms with Crippen LogP contribution in [0.1, 0.15) is 139 Å². The van der Waals surface area contributed by atoms with Crippen LogP contribution in [-0.2, 0) is 33.3 Å². The SMILES string of the molecule is CO[C@@H]1C(O)/C(C)=C/[C@@H](C)C(O)C[C@@H]([C@H](C)CC2CC[C@@H](O)[C@H](OC)C2)OC(=O)[C@@H]2CCCCN2C(=O)C(=O)[C@]2(O)O[C@@H](CC[C@H]2C)CC(C)(C)/C(C)=C/C=C/C=C/[C@@H](C)C[C@@H](C)C1O. The van der Waals surface area contributed by atoms with Crippen LogP contribution in [0.2, 0.25) is 0 Å². The van der Waals surface area contributed by atoms with Crippen molar-refractivity contribution in [2.24, 2.45) is 40.9 Å². The van der Waals surface area contributed by atoms with E-state index in [9.17, 15) is 39.9 Å². The molecule has 1 aliphatic carbocycles. The number of esters is 1. The van der Waals surface area contributed by atoms with Crippen molar-refractivity contribution < 1.29 is 58.9 Å². The highest BCUT2D eigenvalue weighted by atomic mass is 16.6. The molecule has 2 bridgehead atoms. The van der Waals surface area contributed by atoms with E-state index in [4.69, 9.17) is 18.9 Å². The number of carbonyl (C=O) groups is 3. The molecule has 1 amide bonds. The summed E-state index contributed by atoms with van der Waals surface area (Å²) >= 11 is 0. The van der Waals surface area contributed by atoms with Crippen molar-refractivity contribution in [3.8, 4) is 0 Å². The van der Waals surface area contributed by atoms with E-state index in [1.54, 1.807) is 27.0 Å².